The Balaban J connectivity index is 1.61. The molecule has 0 bridgehead atoms. The van der Waals surface area contributed by atoms with Crippen LogP contribution in [0.25, 0.3) is 10.9 Å². The van der Waals surface area contributed by atoms with Gasteiger partial charge in [0.2, 0.25) is 5.91 Å². The molecule has 0 saturated carbocycles. The number of anilines is 1. The Morgan fingerprint density at radius 2 is 2.17 bits per heavy atom. The molecule has 0 radical (unpaired) electrons. The number of hydrogen-bond acceptors (Lipinski definition) is 5. The lowest BCUT2D eigenvalue weighted by Crippen LogP contribution is -2.46. The lowest BCUT2D eigenvalue weighted by molar-refractivity contribution is -0.126. The smallest absolute Gasteiger partial charge is 0.225 e. The third-order valence-corrected chi connectivity index (χ3v) is 6.23. The Kier molecular flexibility index (Phi) is 5.37. The van der Waals surface area contributed by atoms with Crippen LogP contribution < -0.4 is 15.5 Å². The third-order valence-electron chi connectivity index (χ3n) is 6.23. The Morgan fingerprint density at radius 1 is 1.34 bits per heavy atom. The van der Waals surface area contributed by atoms with E-state index in [0.29, 0.717) is 36.6 Å². The number of pyridine rings is 1. The highest BCUT2D eigenvalue weighted by molar-refractivity contribution is 5.95. The van der Waals surface area contributed by atoms with Gasteiger partial charge in [-0.25, -0.2) is 4.39 Å². The third kappa shape index (κ3) is 3.65. The second kappa shape index (κ2) is 7.96. The molecule has 2 aromatic rings. The molecule has 152 valence electrons. The van der Waals surface area contributed by atoms with E-state index >= 15 is 0 Å². The number of carbonyl (C=O) groups excluding carboxylic acids is 1. The molecule has 0 aliphatic carbocycles. The Bertz CT molecular complexity index is 956. The van der Waals surface area contributed by atoms with E-state index in [1.165, 1.54) is 0 Å². The molecular weight excluding hydrogens is 369 g/mol. The monoisotopic (exact) mass is 395 g/mol. The van der Waals surface area contributed by atoms with E-state index in [2.05, 4.69) is 40.4 Å². The van der Waals surface area contributed by atoms with Gasteiger partial charge in [-0.3, -0.25) is 9.78 Å². The summed E-state index contributed by atoms with van der Waals surface area (Å²) in [4.78, 5) is 19.6. The fourth-order valence-corrected chi connectivity index (χ4v) is 4.58. The number of carbonyl (C=O) groups is 1. The van der Waals surface area contributed by atoms with Crippen LogP contribution >= 0.6 is 0 Å². The van der Waals surface area contributed by atoms with Crippen LogP contribution in [-0.4, -0.2) is 49.3 Å². The molecule has 0 spiro atoms. The summed E-state index contributed by atoms with van der Waals surface area (Å²) >= 11 is 0. The highest BCUT2D eigenvalue weighted by Gasteiger charge is 2.41. The van der Waals surface area contributed by atoms with Crippen molar-refractivity contribution in [2.24, 2.45) is 17.8 Å². The van der Waals surface area contributed by atoms with Crippen LogP contribution in [0.2, 0.25) is 0 Å². The average Bonchev–Trinajstić information content (AvgIpc) is 3.34. The minimum Gasteiger partial charge on any atom is -0.370 e. The van der Waals surface area contributed by atoms with Gasteiger partial charge in [0.05, 0.1) is 23.0 Å². The van der Waals surface area contributed by atoms with Gasteiger partial charge in [0.15, 0.2) is 0 Å². The van der Waals surface area contributed by atoms with Gasteiger partial charge in [-0.2, -0.15) is 5.26 Å². The summed E-state index contributed by atoms with van der Waals surface area (Å²) < 4.78 is 14.0. The van der Waals surface area contributed by atoms with Gasteiger partial charge in [0.25, 0.3) is 0 Å². The Hall–Kier alpha value is -2.72. The fraction of sp³-hybridized carbons (Fsp3) is 0.500. The van der Waals surface area contributed by atoms with Crippen LogP contribution in [-0.2, 0) is 4.79 Å². The van der Waals surface area contributed by atoms with Gasteiger partial charge in [0, 0.05) is 43.4 Å². The van der Waals surface area contributed by atoms with Crippen LogP contribution in [0.5, 0.6) is 0 Å². The molecule has 3 heterocycles. The normalized spacial score (nSPS) is 26.8. The summed E-state index contributed by atoms with van der Waals surface area (Å²) in [5.41, 5.74) is 2.21. The van der Waals surface area contributed by atoms with Crippen LogP contribution in [0.3, 0.4) is 0 Å². The first-order valence-corrected chi connectivity index (χ1v) is 10.2. The standard InChI is InChI=1S/C22H26FN5O/c1-13(2)16-11-28(12-17(16)22(29)27-19-10-25-9-18(19)23)20-6-5-14(8-24)21-15(20)4-3-7-26-21/h3-7,13,16-19,25H,9-12H2,1-2H3,(H,27,29)/t16?,17-,18-,19+/m1/s1. The number of alkyl halides is 1. The largest absolute Gasteiger partial charge is 0.370 e. The van der Waals surface area contributed by atoms with E-state index in [1.54, 1.807) is 12.3 Å². The van der Waals surface area contributed by atoms with Crippen LogP contribution in [0.1, 0.15) is 19.4 Å². The molecule has 7 heteroatoms. The lowest BCUT2D eigenvalue weighted by atomic mass is 9.85. The van der Waals surface area contributed by atoms with Crippen molar-refractivity contribution in [3.63, 3.8) is 0 Å². The van der Waals surface area contributed by atoms with Crippen molar-refractivity contribution < 1.29 is 9.18 Å². The van der Waals surface area contributed by atoms with Crippen LogP contribution in [0.15, 0.2) is 30.5 Å². The number of hydrogen-bond donors (Lipinski definition) is 2. The topological polar surface area (TPSA) is 81.0 Å². The van der Waals surface area contributed by atoms with Gasteiger partial charge < -0.3 is 15.5 Å². The number of nitrogens with zero attached hydrogens (tertiary/aromatic N) is 3. The average molecular weight is 395 g/mol. The zero-order valence-corrected chi connectivity index (χ0v) is 16.7. The molecule has 1 aromatic carbocycles. The summed E-state index contributed by atoms with van der Waals surface area (Å²) in [7, 11) is 0. The van der Waals surface area contributed by atoms with E-state index in [0.717, 1.165) is 17.6 Å². The molecular formula is C22H26FN5O. The molecule has 2 N–H and O–H groups in total. The molecule has 1 aromatic heterocycles. The minimum atomic E-state index is -1.04. The number of nitrogens with one attached hydrogen (secondary N) is 2. The number of halogens is 1. The Labute approximate surface area is 170 Å². The molecule has 2 fully saturated rings. The van der Waals surface area contributed by atoms with Crippen molar-refractivity contribution in [2.45, 2.75) is 26.1 Å². The number of fused-ring (bicyclic) bond motifs is 1. The lowest BCUT2D eigenvalue weighted by Gasteiger charge is -2.23. The van der Waals surface area contributed by atoms with E-state index in [1.807, 2.05) is 18.2 Å². The number of aromatic nitrogens is 1. The maximum absolute atomic E-state index is 14.0. The van der Waals surface area contributed by atoms with Crippen LogP contribution in [0, 0.1) is 29.1 Å². The van der Waals surface area contributed by atoms with Crippen molar-refractivity contribution >= 4 is 22.5 Å². The number of nitriles is 1. The van der Waals surface area contributed by atoms with Gasteiger partial charge in [-0.1, -0.05) is 13.8 Å². The first-order chi connectivity index (χ1) is 14.0. The molecule has 29 heavy (non-hydrogen) atoms. The zero-order valence-electron chi connectivity index (χ0n) is 16.7. The van der Waals surface area contributed by atoms with Crippen molar-refractivity contribution in [1.82, 2.24) is 15.6 Å². The Morgan fingerprint density at radius 3 is 2.86 bits per heavy atom. The molecule has 4 atom stereocenters. The van der Waals surface area contributed by atoms with Gasteiger partial charge in [-0.15, -0.1) is 0 Å². The SMILES string of the molecule is CC(C)C1CN(c2ccc(C#N)c3ncccc23)C[C@H]1C(=O)N[C@H]1CNC[C@H]1F. The second-order valence-corrected chi connectivity index (χ2v) is 8.35. The summed E-state index contributed by atoms with van der Waals surface area (Å²) in [5.74, 6) is 0.218. The predicted molar refractivity (Wildman–Crippen MR) is 110 cm³/mol. The highest BCUT2D eigenvalue weighted by Crippen LogP contribution is 2.37. The maximum Gasteiger partial charge on any atom is 0.225 e. The number of rotatable bonds is 4. The maximum atomic E-state index is 14.0. The number of benzene rings is 1. The summed E-state index contributed by atoms with van der Waals surface area (Å²) in [5, 5.41) is 16.2. The van der Waals surface area contributed by atoms with Gasteiger partial charge in [-0.05, 0) is 36.1 Å². The molecule has 2 aliphatic heterocycles. The van der Waals surface area contributed by atoms with Gasteiger partial charge >= 0.3 is 0 Å². The molecule has 6 nitrogen and oxygen atoms in total. The number of amides is 1. The highest BCUT2D eigenvalue weighted by atomic mass is 19.1. The molecule has 2 saturated heterocycles. The second-order valence-electron chi connectivity index (χ2n) is 8.35. The first kappa shape index (κ1) is 19.6. The zero-order chi connectivity index (χ0) is 20.5. The quantitative estimate of drug-likeness (QED) is 0.830. The molecule has 1 amide bonds. The van der Waals surface area contributed by atoms with E-state index in [9.17, 15) is 14.4 Å². The van der Waals surface area contributed by atoms with E-state index in [4.69, 9.17) is 0 Å². The van der Waals surface area contributed by atoms with Crippen molar-refractivity contribution in [3.05, 3.63) is 36.0 Å². The van der Waals surface area contributed by atoms with Crippen molar-refractivity contribution in [2.75, 3.05) is 31.1 Å². The van der Waals surface area contributed by atoms with E-state index in [-0.39, 0.29) is 17.7 Å². The predicted octanol–water partition coefficient (Wildman–Crippen LogP) is 2.24. The minimum absolute atomic E-state index is 0.0707. The van der Waals surface area contributed by atoms with Crippen LogP contribution in [0.4, 0.5) is 10.1 Å². The van der Waals surface area contributed by atoms with E-state index < -0.39 is 12.2 Å². The van der Waals surface area contributed by atoms with Crippen molar-refractivity contribution in [3.8, 4) is 6.07 Å². The van der Waals surface area contributed by atoms with Crippen molar-refractivity contribution in [1.29, 1.82) is 5.26 Å². The summed E-state index contributed by atoms with van der Waals surface area (Å²) in [6, 6.07) is 9.31. The summed E-state index contributed by atoms with van der Waals surface area (Å²) in [6.07, 6.45) is 0.648. The molecule has 1 unspecified atom stereocenters. The fourth-order valence-electron chi connectivity index (χ4n) is 4.58. The molecule has 4 rings (SSSR count). The first-order valence-electron chi connectivity index (χ1n) is 10.2. The summed E-state index contributed by atoms with van der Waals surface area (Å²) in [6.45, 7) is 6.33. The van der Waals surface area contributed by atoms with Gasteiger partial charge in [0.1, 0.15) is 12.2 Å². The molecule has 2 aliphatic rings.